The van der Waals surface area contributed by atoms with Gasteiger partial charge in [0.15, 0.2) is 5.70 Å². The number of methoxy groups -OCH3 is 1. The molecule has 0 unspecified atom stereocenters. The molecule has 3 aromatic rings. The van der Waals surface area contributed by atoms with Crippen LogP contribution in [-0.4, -0.2) is 37.1 Å². The van der Waals surface area contributed by atoms with E-state index >= 15 is 0 Å². The number of amides is 2. The molecule has 2 N–H and O–H groups in total. The number of halogens is 2. The van der Waals surface area contributed by atoms with Crippen molar-refractivity contribution in [1.29, 1.82) is 0 Å². The second kappa shape index (κ2) is 12.4. The summed E-state index contributed by atoms with van der Waals surface area (Å²) in [6.45, 7) is 0.187. The number of carbonyl (C=O) groups excluding carboxylic acids is 3. The van der Waals surface area contributed by atoms with E-state index in [9.17, 15) is 14.4 Å². The van der Waals surface area contributed by atoms with Crippen molar-refractivity contribution in [3.8, 4) is 5.75 Å². The third kappa shape index (κ3) is 6.57. The molecule has 11 heteroatoms. The number of hydrazine groups is 1. The fourth-order valence-electron chi connectivity index (χ4n) is 3.48. The Morgan fingerprint density at radius 3 is 2.50 bits per heavy atom. The van der Waals surface area contributed by atoms with Crippen molar-refractivity contribution < 1.29 is 24.0 Å². The number of anilines is 1. The van der Waals surface area contributed by atoms with Gasteiger partial charge in [0.1, 0.15) is 11.5 Å². The summed E-state index contributed by atoms with van der Waals surface area (Å²) in [5, 5.41) is 5.02. The summed E-state index contributed by atoms with van der Waals surface area (Å²) < 4.78 is 5.17. The van der Waals surface area contributed by atoms with Crippen molar-refractivity contribution in [3.63, 3.8) is 0 Å². The van der Waals surface area contributed by atoms with Gasteiger partial charge in [-0.05, 0) is 60.5 Å². The molecule has 0 aromatic heterocycles. The summed E-state index contributed by atoms with van der Waals surface area (Å²) in [4.78, 5) is 47.5. The second-order valence-electron chi connectivity index (χ2n) is 7.95. The Labute approximate surface area is 228 Å². The van der Waals surface area contributed by atoms with E-state index < -0.39 is 17.8 Å². The zero-order valence-corrected chi connectivity index (χ0v) is 21.6. The number of rotatable bonds is 8. The fraction of sp³-hybridized carbons (Fsp3) is 0.111. The maximum atomic E-state index is 13.2. The van der Waals surface area contributed by atoms with E-state index in [1.54, 1.807) is 72.8 Å². The number of carbonyl (C=O) groups is 3. The highest BCUT2D eigenvalue weighted by molar-refractivity contribution is 6.45. The van der Waals surface area contributed by atoms with Crippen LogP contribution in [-0.2, 0) is 20.8 Å². The van der Waals surface area contributed by atoms with E-state index in [4.69, 9.17) is 32.8 Å². The molecule has 38 heavy (non-hydrogen) atoms. The molecule has 3 aromatic carbocycles. The molecule has 1 aliphatic heterocycles. The molecule has 0 radical (unpaired) electrons. The predicted octanol–water partition coefficient (Wildman–Crippen LogP) is 4.31. The molecule has 194 valence electrons. The van der Waals surface area contributed by atoms with E-state index in [-0.39, 0.29) is 23.5 Å². The van der Waals surface area contributed by atoms with Gasteiger partial charge in [0.2, 0.25) is 0 Å². The highest BCUT2D eigenvalue weighted by Gasteiger charge is 2.30. The van der Waals surface area contributed by atoms with E-state index in [0.29, 0.717) is 27.9 Å². The van der Waals surface area contributed by atoms with Gasteiger partial charge in [0, 0.05) is 28.2 Å². The molecule has 9 nitrogen and oxygen atoms in total. The van der Waals surface area contributed by atoms with Crippen LogP contribution in [0.1, 0.15) is 15.9 Å². The normalized spacial score (nSPS) is 14.4. The smallest absolute Gasteiger partial charge is 0.376 e. The molecule has 0 saturated carbocycles. The molecule has 1 aliphatic rings. The topological polar surface area (TPSA) is 109 Å². The quantitative estimate of drug-likeness (QED) is 0.316. The number of benzene rings is 3. The van der Waals surface area contributed by atoms with Gasteiger partial charge in [-0.1, -0.05) is 53.1 Å². The van der Waals surface area contributed by atoms with Crippen molar-refractivity contribution in [2.75, 3.05) is 18.7 Å². The summed E-state index contributed by atoms with van der Waals surface area (Å²) in [5.41, 5.74) is 3.74. The first-order valence-electron chi connectivity index (χ1n) is 11.4. The van der Waals surface area contributed by atoms with E-state index in [2.05, 4.69) is 15.9 Å². The average molecular weight is 553 g/mol. The van der Waals surface area contributed by atoms with Gasteiger partial charge < -0.3 is 14.9 Å². The Kier molecular flexibility index (Phi) is 8.75. The molecule has 2 amide bonds. The fourth-order valence-corrected chi connectivity index (χ4v) is 3.99. The van der Waals surface area contributed by atoms with Crippen LogP contribution < -0.4 is 20.7 Å². The average Bonchev–Trinajstić information content (AvgIpc) is 3.29. The number of ether oxygens (including phenoxy) is 1. The molecule has 0 atom stereocenters. The van der Waals surface area contributed by atoms with Gasteiger partial charge in [0.25, 0.3) is 11.8 Å². The van der Waals surface area contributed by atoms with E-state index in [1.807, 2.05) is 0 Å². The molecule has 1 fully saturated rings. The SMILES string of the molecule is COc1ccc(N2NOC(=O)/C2=C\C(=NC(=O)c2ccccc2)C(=O)NCCc2ccc(Cl)cc2Cl)cc1. The monoisotopic (exact) mass is 552 g/mol. The van der Waals surface area contributed by atoms with Gasteiger partial charge in [-0.25, -0.2) is 14.8 Å². The Balaban J connectivity index is 1.61. The molecule has 1 saturated heterocycles. The third-order valence-corrected chi connectivity index (χ3v) is 6.04. The molecular weight excluding hydrogens is 531 g/mol. The summed E-state index contributed by atoms with van der Waals surface area (Å²) in [5.74, 6) is -1.46. The highest BCUT2D eigenvalue weighted by Crippen LogP contribution is 2.25. The van der Waals surface area contributed by atoms with Gasteiger partial charge in [0.05, 0.1) is 12.8 Å². The van der Waals surface area contributed by atoms with E-state index in [0.717, 1.165) is 5.56 Å². The Bertz CT molecular complexity index is 1410. The van der Waals surface area contributed by atoms with Crippen LogP contribution in [0.4, 0.5) is 5.69 Å². The first-order valence-corrected chi connectivity index (χ1v) is 12.1. The van der Waals surface area contributed by atoms with E-state index in [1.165, 1.54) is 18.2 Å². The number of nitrogens with zero attached hydrogens (tertiary/aromatic N) is 2. The summed E-state index contributed by atoms with van der Waals surface area (Å²) in [6.07, 6.45) is 1.60. The predicted molar refractivity (Wildman–Crippen MR) is 144 cm³/mol. The summed E-state index contributed by atoms with van der Waals surface area (Å²) >= 11 is 12.2. The first kappa shape index (κ1) is 26.9. The van der Waals surface area contributed by atoms with Gasteiger partial charge >= 0.3 is 5.97 Å². The standard InChI is InChI=1S/C27H22Cl2N4O5/c1-37-21-11-9-20(10-12-21)33-24(27(36)38-32-33)16-23(31-25(34)18-5-3-2-4-6-18)26(35)30-14-13-17-7-8-19(28)15-22(17)29/h2-12,15-16,32H,13-14H2,1H3,(H,30,35)/b24-16+,31-23?. The lowest BCUT2D eigenvalue weighted by Gasteiger charge is -2.16. The van der Waals surface area contributed by atoms with Crippen molar-refractivity contribution in [3.05, 3.63) is 106 Å². The third-order valence-electron chi connectivity index (χ3n) is 5.45. The van der Waals surface area contributed by atoms with Crippen molar-refractivity contribution in [2.24, 2.45) is 4.99 Å². The molecule has 1 heterocycles. The van der Waals surface area contributed by atoms with Crippen LogP contribution in [0.5, 0.6) is 5.75 Å². The lowest BCUT2D eigenvalue weighted by atomic mass is 10.1. The summed E-state index contributed by atoms with van der Waals surface area (Å²) in [7, 11) is 1.53. The number of hydrogen-bond acceptors (Lipinski definition) is 7. The minimum atomic E-state index is -0.763. The van der Waals surface area contributed by atoms with Crippen LogP contribution in [0, 0.1) is 0 Å². The second-order valence-corrected chi connectivity index (χ2v) is 8.80. The molecule has 0 spiro atoms. The summed E-state index contributed by atoms with van der Waals surface area (Å²) in [6, 6.07) is 20.1. The van der Waals surface area contributed by atoms with Crippen LogP contribution in [0.2, 0.25) is 10.0 Å². The van der Waals surface area contributed by atoms with Crippen LogP contribution in [0.25, 0.3) is 0 Å². The van der Waals surface area contributed by atoms with Gasteiger partial charge in [-0.15, -0.1) is 0 Å². The maximum absolute atomic E-state index is 13.2. The van der Waals surface area contributed by atoms with Crippen LogP contribution in [0.3, 0.4) is 0 Å². The Hall–Kier alpha value is -4.18. The van der Waals surface area contributed by atoms with Crippen molar-refractivity contribution >= 4 is 52.4 Å². The highest BCUT2D eigenvalue weighted by atomic mass is 35.5. The lowest BCUT2D eigenvalue weighted by molar-refractivity contribution is -0.140. The molecule has 4 rings (SSSR count). The molecule has 0 bridgehead atoms. The van der Waals surface area contributed by atoms with Crippen LogP contribution in [0.15, 0.2) is 89.6 Å². The zero-order chi connectivity index (χ0) is 27.1. The number of aliphatic imine (C=N–C) groups is 1. The zero-order valence-electron chi connectivity index (χ0n) is 20.1. The molecular formula is C27H22Cl2N4O5. The Morgan fingerprint density at radius 1 is 1.08 bits per heavy atom. The Morgan fingerprint density at radius 2 is 1.82 bits per heavy atom. The maximum Gasteiger partial charge on any atom is 0.376 e. The molecule has 0 aliphatic carbocycles. The van der Waals surface area contributed by atoms with Crippen molar-refractivity contribution in [1.82, 2.24) is 10.9 Å². The first-order chi connectivity index (χ1) is 18.4. The largest absolute Gasteiger partial charge is 0.497 e. The van der Waals surface area contributed by atoms with Crippen LogP contribution >= 0.6 is 23.2 Å². The van der Waals surface area contributed by atoms with Crippen molar-refractivity contribution in [2.45, 2.75) is 6.42 Å². The number of hydrogen-bond donors (Lipinski definition) is 2. The number of nitrogens with one attached hydrogen (secondary N) is 2. The lowest BCUT2D eigenvalue weighted by Crippen LogP contribution is -2.34. The van der Waals surface area contributed by atoms with Gasteiger partial charge in [-0.3, -0.25) is 9.59 Å². The van der Waals surface area contributed by atoms with Gasteiger partial charge in [-0.2, -0.15) is 0 Å². The minimum Gasteiger partial charge on any atom is -0.497 e. The minimum absolute atomic E-state index is 0.0503.